The monoisotopic (exact) mass is 277 g/mol. The molecule has 1 spiro atoms. The van der Waals surface area contributed by atoms with Crippen molar-refractivity contribution >= 4 is 5.91 Å². The first kappa shape index (κ1) is 13.6. The lowest BCUT2D eigenvalue weighted by Crippen LogP contribution is -2.32. The zero-order valence-electron chi connectivity index (χ0n) is 11.6. The highest BCUT2D eigenvalue weighted by atomic mass is 19.1. The second-order valence-electron chi connectivity index (χ2n) is 5.83. The fourth-order valence-electron chi connectivity index (χ4n) is 3.21. The number of carbonyl (C=O) groups is 1. The first-order valence-electron chi connectivity index (χ1n) is 7.33. The summed E-state index contributed by atoms with van der Waals surface area (Å²) in [6.45, 7) is 2.12. The molecule has 0 aliphatic carbocycles. The summed E-state index contributed by atoms with van der Waals surface area (Å²) in [5.74, 6) is -0.0593. The lowest BCUT2D eigenvalue weighted by molar-refractivity contribution is -0.131. The lowest BCUT2D eigenvalue weighted by Gasteiger charge is -2.26. The maximum absolute atomic E-state index is 12.9. The third kappa shape index (κ3) is 2.85. The number of carbonyl (C=O) groups excluding carboxylic acids is 1. The number of likely N-dealkylation sites (tertiary alicyclic amines) is 1. The van der Waals surface area contributed by atoms with E-state index in [1.54, 1.807) is 12.1 Å². The smallest absolute Gasteiger partial charge is 0.222 e. The van der Waals surface area contributed by atoms with Crippen LogP contribution >= 0.6 is 0 Å². The zero-order chi connectivity index (χ0) is 14.0. The first-order valence-corrected chi connectivity index (χ1v) is 7.33. The Balaban J connectivity index is 1.67. The van der Waals surface area contributed by atoms with E-state index in [0.717, 1.165) is 44.4 Å². The highest BCUT2D eigenvalue weighted by Gasteiger charge is 2.38. The standard InChI is InChI=1S/C16H20FNO2/c17-14-4-2-13(3-5-14)12-18-10-9-16(7-1-11-20-16)8-6-15(18)19/h2-5H,1,6-12H2/t16-/m0/s1. The Morgan fingerprint density at radius 2 is 2.00 bits per heavy atom. The van der Waals surface area contributed by atoms with Crippen LogP contribution in [0.5, 0.6) is 0 Å². The highest BCUT2D eigenvalue weighted by molar-refractivity contribution is 5.76. The number of hydrogen-bond donors (Lipinski definition) is 0. The van der Waals surface area contributed by atoms with Crippen LogP contribution in [-0.4, -0.2) is 29.6 Å². The number of hydrogen-bond acceptors (Lipinski definition) is 2. The minimum atomic E-state index is -0.241. The number of halogens is 1. The lowest BCUT2D eigenvalue weighted by atomic mass is 9.92. The number of nitrogens with zero attached hydrogens (tertiary/aromatic N) is 1. The van der Waals surface area contributed by atoms with E-state index in [1.807, 2.05) is 4.90 Å². The average molecular weight is 277 g/mol. The third-order valence-corrected chi connectivity index (χ3v) is 4.46. The van der Waals surface area contributed by atoms with Crippen LogP contribution in [0.3, 0.4) is 0 Å². The van der Waals surface area contributed by atoms with Crippen LogP contribution in [0.4, 0.5) is 4.39 Å². The molecule has 0 N–H and O–H groups in total. The van der Waals surface area contributed by atoms with Gasteiger partial charge in [-0.1, -0.05) is 12.1 Å². The Labute approximate surface area is 118 Å². The molecule has 1 atom stereocenters. The molecule has 3 rings (SSSR count). The zero-order valence-corrected chi connectivity index (χ0v) is 11.6. The summed E-state index contributed by atoms with van der Waals surface area (Å²) < 4.78 is 18.8. The van der Waals surface area contributed by atoms with Crippen LogP contribution in [0, 0.1) is 5.82 Å². The number of benzene rings is 1. The predicted molar refractivity (Wildman–Crippen MR) is 73.6 cm³/mol. The van der Waals surface area contributed by atoms with Crippen molar-refractivity contribution in [3.05, 3.63) is 35.6 Å². The molecule has 2 aliphatic rings. The fraction of sp³-hybridized carbons (Fsp3) is 0.562. The minimum absolute atomic E-state index is 0.0623. The van der Waals surface area contributed by atoms with E-state index in [2.05, 4.69) is 0 Å². The van der Waals surface area contributed by atoms with Crippen LogP contribution < -0.4 is 0 Å². The van der Waals surface area contributed by atoms with Crippen molar-refractivity contribution in [2.75, 3.05) is 13.2 Å². The van der Waals surface area contributed by atoms with Gasteiger partial charge in [-0.3, -0.25) is 4.79 Å². The van der Waals surface area contributed by atoms with Crippen LogP contribution in [0.25, 0.3) is 0 Å². The molecule has 1 aromatic rings. The van der Waals surface area contributed by atoms with E-state index in [-0.39, 0.29) is 17.3 Å². The minimum Gasteiger partial charge on any atom is -0.375 e. The van der Waals surface area contributed by atoms with Crippen LogP contribution in [0.2, 0.25) is 0 Å². The van der Waals surface area contributed by atoms with E-state index in [1.165, 1.54) is 12.1 Å². The quantitative estimate of drug-likeness (QED) is 0.832. The summed E-state index contributed by atoms with van der Waals surface area (Å²) in [7, 11) is 0. The van der Waals surface area contributed by atoms with E-state index in [9.17, 15) is 9.18 Å². The van der Waals surface area contributed by atoms with Crippen molar-refractivity contribution in [2.45, 2.75) is 44.2 Å². The van der Waals surface area contributed by atoms with Crippen molar-refractivity contribution in [1.29, 1.82) is 0 Å². The molecule has 1 amide bonds. The summed E-state index contributed by atoms with van der Waals surface area (Å²) in [4.78, 5) is 14.1. The topological polar surface area (TPSA) is 29.5 Å². The normalized spacial score (nSPS) is 27.1. The second kappa shape index (κ2) is 5.52. The summed E-state index contributed by atoms with van der Waals surface area (Å²) in [5.41, 5.74) is 0.913. The molecule has 2 aliphatic heterocycles. The van der Waals surface area contributed by atoms with Gasteiger partial charge in [0.05, 0.1) is 5.60 Å². The Kier molecular flexibility index (Phi) is 3.74. The van der Waals surface area contributed by atoms with Gasteiger partial charge in [-0.05, 0) is 43.4 Å². The van der Waals surface area contributed by atoms with Crippen molar-refractivity contribution in [1.82, 2.24) is 4.90 Å². The predicted octanol–water partition coefficient (Wildman–Crippen LogP) is 2.89. The van der Waals surface area contributed by atoms with E-state index in [4.69, 9.17) is 4.74 Å². The molecule has 0 saturated carbocycles. The van der Waals surface area contributed by atoms with Gasteiger partial charge in [-0.15, -0.1) is 0 Å². The van der Waals surface area contributed by atoms with Gasteiger partial charge in [0.2, 0.25) is 5.91 Å². The Hall–Kier alpha value is -1.42. The van der Waals surface area contributed by atoms with Gasteiger partial charge in [0.15, 0.2) is 0 Å². The largest absolute Gasteiger partial charge is 0.375 e. The number of amides is 1. The van der Waals surface area contributed by atoms with Gasteiger partial charge in [0, 0.05) is 26.1 Å². The Morgan fingerprint density at radius 3 is 2.70 bits per heavy atom. The molecule has 20 heavy (non-hydrogen) atoms. The van der Waals surface area contributed by atoms with E-state index < -0.39 is 0 Å². The second-order valence-corrected chi connectivity index (χ2v) is 5.83. The van der Waals surface area contributed by atoms with Gasteiger partial charge >= 0.3 is 0 Å². The van der Waals surface area contributed by atoms with Crippen LogP contribution in [0.15, 0.2) is 24.3 Å². The van der Waals surface area contributed by atoms with E-state index >= 15 is 0 Å². The van der Waals surface area contributed by atoms with Crippen molar-refractivity contribution in [2.24, 2.45) is 0 Å². The summed E-state index contributed by atoms with van der Waals surface area (Å²) in [6.07, 6.45) is 4.49. The molecule has 108 valence electrons. The van der Waals surface area contributed by atoms with Crippen molar-refractivity contribution < 1.29 is 13.9 Å². The number of ether oxygens (including phenoxy) is 1. The van der Waals surface area contributed by atoms with Crippen molar-refractivity contribution in [3.8, 4) is 0 Å². The van der Waals surface area contributed by atoms with Crippen molar-refractivity contribution in [3.63, 3.8) is 0 Å². The SMILES string of the molecule is O=C1CC[C@@]2(CCCO2)CCN1Cc1ccc(F)cc1. The molecule has 0 aromatic heterocycles. The molecule has 0 radical (unpaired) electrons. The molecular formula is C16H20FNO2. The number of rotatable bonds is 2. The molecule has 0 unspecified atom stereocenters. The molecule has 2 heterocycles. The molecule has 1 aromatic carbocycles. The molecule has 4 heteroatoms. The summed E-state index contributed by atoms with van der Waals surface area (Å²) in [6, 6.07) is 6.38. The van der Waals surface area contributed by atoms with Gasteiger partial charge in [0.1, 0.15) is 5.82 Å². The third-order valence-electron chi connectivity index (χ3n) is 4.46. The van der Waals surface area contributed by atoms with Gasteiger partial charge in [0.25, 0.3) is 0 Å². The molecule has 0 bridgehead atoms. The summed E-state index contributed by atoms with van der Waals surface area (Å²) in [5, 5.41) is 0. The molecule has 2 fully saturated rings. The molecular weight excluding hydrogens is 257 g/mol. The Bertz CT molecular complexity index is 480. The maximum atomic E-state index is 12.9. The average Bonchev–Trinajstić information content (AvgIpc) is 2.86. The molecule has 2 saturated heterocycles. The Morgan fingerprint density at radius 1 is 1.20 bits per heavy atom. The van der Waals surface area contributed by atoms with Gasteiger partial charge < -0.3 is 9.64 Å². The van der Waals surface area contributed by atoms with Gasteiger partial charge in [-0.25, -0.2) is 4.39 Å². The van der Waals surface area contributed by atoms with Gasteiger partial charge in [-0.2, -0.15) is 0 Å². The maximum Gasteiger partial charge on any atom is 0.222 e. The first-order chi connectivity index (χ1) is 9.67. The highest BCUT2D eigenvalue weighted by Crippen LogP contribution is 2.36. The van der Waals surface area contributed by atoms with Crippen LogP contribution in [-0.2, 0) is 16.1 Å². The van der Waals surface area contributed by atoms with Crippen LogP contribution in [0.1, 0.15) is 37.7 Å². The van der Waals surface area contributed by atoms with E-state index in [0.29, 0.717) is 13.0 Å². The fourth-order valence-corrected chi connectivity index (χ4v) is 3.21. The molecule has 3 nitrogen and oxygen atoms in total. The summed E-state index contributed by atoms with van der Waals surface area (Å²) >= 11 is 0.